The van der Waals surface area contributed by atoms with E-state index in [1.54, 1.807) is 0 Å². The van der Waals surface area contributed by atoms with Crippen molar-refractivity contribution >= 4 is 23.8 Å². The quantitative estimate of drug-likeness (QED) is 0.273. The first kappa shape index (κ1) is 21.0. The molecule has 164 valence electrons. The van der Waals surface area contributed by atoms with Crippen LogP contribution in [0.25, 0.3) is 11.3 Å². The second kappa shape index (κ2) is 9.37. The van der Waals surface area contributed by atoms with Crippen molar-refractivity contribution in [2.45, 2.75) is 18.8 Å². The molecule has 1 aliphatic carbocycles. The van der Waals surface area contributed by atoms with Crippen LogP contribution in [0.2, 0.25) is 0 Å². The number of nitrogens with zero attached hydrogens (tertiary/aromatic N) is 1. The molecule has 0 aliphatic heterocycles. The molecule has 0 saturated heterocycles. The number of aryl methyl sites for hydroxylation is 1. The molecule has 0 amide bonds. The molecule has 0 fully saturated rings. The van der Waals surface area contributed by atoms with Gasteiger partial charge in [-0.15, -0.1) is 0 Å². The van der Waals surface area contributed by atoms with E-state index < -0.39 is 7.92 Å². The molecule has 34 heavy (non-hydrogen) atoms. The van der Waals surface area contributed by atoms with Crippen LogP contribution >= 0.6 is 7.92 Å². The lowest BCUT2D eigenvalue weighted by molar-refractivity contribution is 0.773. The Morgan fingerprint density at radius 1 is 0.588 bits per heavy atom. The third-order valence-corrected chi connectivity index (χ3v) is 9.20. The molecule has 1 aromatic heterocycles. The molecule has 0 radical (unpaired) electrons. The fourth-order valence-corrected chi connectivity index (χ4v) is 7.54. The van der Waals surface area contributed by atoms with Crippen molar-refractivity contribution in [3.8, 4) is 11.3 Å². The van der Waals surface area contributed by atoms with Crippen LogP contribution in [0.15, 0.2) is 127 Å². The predicted molar refractivity (Wildman–Crippen MR) is 145 cm³/mol. The molecule has 0 saturated carbocycles. The summed E-state index contributed by atoms with van der Waals surface area (Å²) in [6, 6.07) is 46.1. The Bertz CT molecular complexity index is 1360. The first-order chi connectivity index (χ1) is 16.9. The minimum absolute atomic E-state index is 0.382. The van der Waals surface area contributed by atoms with Gasteiger partial charge in [0.15, 0.2) is 0 Å². The zero-order chi connectivity index (χ0) is 22.7. The van der Waals surface area contributed by atoms with E-state index in [-0.39, 0.29) is 0 Å². The highest BCUT2D eigenvalue weighted by Crippen LogP contribution is 2.40. The third-order valence-electron chi connectivity index (χ3n) is 6.70. The Morgan fingerprint density at radius 2 is 1.18 bits per heavy atom. The summed E-state index contributed by atoms with van der Waals surface area (Å²) in [5, 5.41) is 4.08. The monoisotopic (exact) mass is 455 g/mol. The maximum Gasteiger partial charge on any atom is 0.0712 e. The average Bonchev–Trinajstić information content (AvgIpc) is 3.34. The van der Waals surface area contributed by atoms with Gasteiger partial charge in [-0.1, -0.05) is 121 Å². The van der Waals surface area contributed by atoms with Gasteiger partial charge in [0.05, 0.1) is 11.4 Å². The molecule has 6 rings (SSSR count). The standard InChI is InChI=1S/C32H26NP/c1-4-12-24(13-5-1)28-22-20-25-21-23-30(33-32(25)28)29-18-10-11-19-31(29)34(26-14-6-2-7-15-26)27-16-8-3-9-17-27/h1-19,21,23,28H,20,22H2/t28-/m1/s1. The normalized spacial score (nSPS) is 14.8. The van der Waals surface area contributed by atoms with Gasteiger partial charge in [0.25, 0.3) is 0 Å². The second-order valence-electron chi connectivity index (χ2n) is 8.77. The van der Waals surface area contributed by atoms with Crippen LogP contribution in [0.5, 0.6) is 0 Å². The largest absolute Gasteiger partial charge is 0.252 e. The fraction of sp³-hybridized carbons (Fsp3) is 0.0938. The summed E-state index contributed by atoms with van der Waals surface area (Å²) in [5.41, 5.74) is 6.33. The van der Waals surface area contributed by atoms with E-state index in [0.29, 0.717) is 5.92 Å². The maximum absolute atomic E-state index is 5.32. The summed E-state index contributed by atoms with van der Waals surface area (Å²) in [6.45, 7) is 0. The SMILES string of the molecule is c1ccc([C@H]2CCc3ccc(-c4ccccc4P(c4ccccc4)c4ccccc4)nc32)cc1. The van der Waals surface area contributed by atoms with Gasteiger partial charge >= 0.3 is 0 Å². The molecule has 4 aromatic carbocycles. The highest BCUT2D eigenvalue weighted by molar-refractivity contribution is 7.80. The van der Waals surface area contributed by atoms with Crippen LogP contribution in [0.1, 0.15) is 29.2 Å². The number of benzene rings is 4. The van der Waals surface area contributed by atoms with E-state index in [2.05, 4.69) is 127 Å². The van der Waals surface area contributed by atoms with E-state index in [4.69, 9.17) is 4.98 Å². The lowest BCUT2D eigenvalue weighted by Gasteiger charge is -2.22. The zero-order valence-corrected chi connectivity index (χ0v) is 19.9. The Hall–Kier alpha value is -3.54. The fourth-order valence-electron chi connectivity index (χ4n) is 5.08. The molecule has 5 aromatic rings. The highest BCUT2D eigenvalue weighted by Gasteiger charge is 2.27. The molecule has 1 atom stereocenters. The van der Waals surface area contributed by atoms with Gasteiger partial charge in [0.2, 0.25) is 0 Å². The maximum atomic E-state index is 5.32. The number of fused-ring (bicyclic) bond motifs is 1. The molecule has 1 heterocycles. The van der Waals surface area contributed by atoms with Crippen LogP contribution in [-0.2, 0) is 6.42 Å². The van der Waals surface area contributed by atoms with Crippen LogP contribution in [0, 0.1) is 0 Å². The van der Waals surface area contributed by atoms with Crippen molar-refractivity contribution in [2.24, 2.45) is 0 Å². The minimum Gasteiger partial charge on any atom is -0.252 e. The highest BCUT2D eigenvalue weighted by atomic mass is 31.1. The van der Waals surface area contributed by atoms with E-state index >= 15 is 0 Å². The van der Waals surface area contributed by atoms with Gasteiger partial charge in [-0.3, -0.25) is 4.98 Å². The number of rotatable bonds is 5. The topological polar surface area (TPSA) is 12.9 Å². The Kier molecular flexibility index (Phi) is 5.79. The second-order valence-corrected chi connectivity index (χ2v) is 11.0. The van der Waals surface area contributed by atoms with Gasteiger partial charge in [-0.2, -0.15) is 0 Å². The van der Waals surface area contributed by atoms with Crippen molar-refractivity contribution in [3.05, 3.63) is 144 Å². The van der Waals surface area contributed by atoms with Gasteiger partial charge in [0.1, 0.15) is 0 Å². The summed E-state index contributed by atoms with van der Waals surface area (Å²) in [4.78, 5) is 5.32. The van der Waals surface area contributed by atoms with Crippen molar-refractivity contribution in [2.75, 3.05) is 0 Å². The lowest BCUT2D eigenvalue weighted by atomic mass is 9.96. The Labute approximate surface area is 202 Å². The van der Waals surface area contributed by atoms with E-state index in [9.17, 15) is 0 Å². The number of aromatic nitrogens is 1. The van der Waals surface area contributed by atoms with E-state index in [1.807, 2.05) is 0 Å². The summed E-state index contributed by atoms with van der Waals surface area (Å²) < 4.78 is 0. The third kappa shape index (κ3) is 3.98. The first-order valence-corrected chi connectivity index (χ1v) is 13.3. The summed E-state index contributed by atoms with van der Waals surface area (Å²) in [5.74, 6) is 0.382. The van der Waals surface area contributed by atoms with E-state index in [0.717, 1.165) is 18.5 Å². The minimum atomic E-state index is -0.691. The number of hydrogen-bond donors (Lipinski definition) is 0. The summed E-state index contributed by atoms with van der Waals surface area (Å²) in [7, 11) is -0.691. The van der Waals surface area contributed by atoms with Crippen molar-refractivity contribution in [1.82, 2.24) is 4.98 Å². The van der Waals surface area contributed by atoms with Crippen LogP contribution in [-0.4, -0.2) is 4.98 Å². The Morgan fingerprint density at radius 3 is 1.85 bits per heavy atom. The van der Waals surface area contributed by atoms with Crippen LogP contribution < -0.4 is 15.9 Å². The van der Waals surface area contributed by atoms with Gasteiger partial charge in [-0.25, -0.2) is 0 Å². The van der Waals surface area contributed by atoms with Crippen molar-refractivity contribution in [3.63, 3.8) is 0 Å². The van der Waals surface area contributed by atoms with Crippen molar-refractivity contribution in [1.29, 1.82) is 0 Å². The molecule has 0 N–H and O–H groups in total. The molecule has 1 aliphatic rings. The molecule has 0 spiro atoms. The van der Waals surface area contributed by atoms with Gasteiger partial charge in [-0.05, 0) is 53.9 Å². The Balaban J connectivity index is 1.49. The van der Waals surface area contributed by atoms with E-state index in [1.165, 1.54) is 38.3 Å². The van der Waals surface area contributed by atoms with Crippen LogP contribution in [0.4, 0.5) is 0 Å². The number of hydrogen-bond acceptors (Lipinski definition) is 1. The summed E-state index contributed by atoms with van der Waals surface area (Å²) in [6.07, 6.45) is 2.24. The molecule has 0 unspecified atom stereocenters. The predicted octanol–water partition coefficient (Wildman–Crippen LogP) is 6.58. The van der Waals surface area contributed by atoms with Crippen LogP contribution in [0.3, 0.4) is 0 Å². The molecule has 1 nitrogen and oxygen atoms in total. The molecule has 2 heteroatoms. The zero-order valence-electron chi connectivity index (χ0n) is 19.0. The summed E-state index contributed by atoms with van der Waals surface area (Å²) >= 11 is 0. The van der Waals surface area contributed by atoms with Gasteiger partial charge in [0, 0.05) is 11.5 Å². The van der Waals surface area contributed by atoms with Crippen molar-refractivity contribution < 1.29 is 0 Å². The lowest BCUT2D eigenvalue weighted by Crippen LogP contribution is -2.22. The van der Waals surface area contributed by atoms with Gasteiger partial charge < -0.3 is 0 Å². The smallest absolute Gasteiger partial charge is 0.0712 e. The molecular weight excluding hydrogens is 429 g/mol. The molecule has 0 bridgehead atoms. The average molecular weight is 456 g/mol. The number of pyridine rings is 1. The first-order valence-electron chi connectivity index (χ1n) is 11.9. The molecular formula is C32H26NP.